The van der Waals surface area contributed by atoms with Gasteiger partial charge in [-0.1, -0.05) is 77.1 Å². The Bertz CT molecular complexity index is 634. The molecule has 0 aliphatic carbocycles. The fourth-order valence-electron chi connectivity index (χ4n) is 2.41. The van der Waals surface area contributed by atoms with Crippen LogP contribution < -0.4 is 4.43 Å². The molecule has 2 aromatic carbocycles. The van der Waals surface area contributed by atoms with Crippen LogP contribution >= 0.6 is 0 Å². The van der Waals surface area contributed by atoms with E-state index in [-0.39, 0.29) is 10.5 Å². The van der Waals surface area contributed by atoms with Crippen molar-refractivity contribution in [1.82, 2.24) is 0 Å². The molecule has 0 saturated carbocycles. The van der Waals surface area contributed by atoms with Crippen molar-refractivity contribution in [3.63, 3.8) is 0 Å². The largest absolute Gasteiger partial charge is 0.544 e. The molecule has 0 radical (unpaired) electrons. The van der Waals surface area contributed by atoms with Crippen LogP contribution in [0.5, 0.6) is 5.75 Å². The Labute approximate surface area is 142 Å². The molecule has 0 aromatic heterocycles. The molecule has 0 unspecified atom stereocenters. The monoisotopic (exact) mass is 326 g/mol. The normalized spacial score (nSPS) is 13.0. The summed E-state index contributed by atoms with van der Waals surface area (Å²) in [4.78, 5) is 0. The van der Waals surface area contributed by atoms with Crippen LogP contribution in [0.3, 0.4) is 0 Å². The highest BCUT2D eigenvalue weighted by Gasteiger charge is 2.39. The van der Waals surface area contributed by atoms with Gasteiger partial charge in [0, 0.05) is 5.41 Å². The predicted molar refractivity (Wildman–Crippen MR) is 103 cm³/mol. The summed E-state index contributed by atoms with van der Waals surface area (Å²) in [5.41, 5.74) is 2.64. The van der Waals surface area contributed by atoms with E-state index >= 15 is 0 Å². The fraction of sp³-hybridized carbons (Fsp3) is 0.429. The summed E-state index contributed by atoms with van der Waals surface area (Å²) < 4.78 is 6.38. The van der Waals surface area contributed by atoms with E-state index in [1.807, 2.05) is 0 Å². The molecular formula is C21H30OSi. The van der Waals surface area contributed by atoms with Crippen molar-refractivity contribution in [3.05, 3.63) is 65.7 Å². The molecule has 1 nitrogen and oxygen atoms in total. The second-order valence-electron chi connectivity index (χ2n) is 8.38. The molecule has 2 rings (SSSR count). The lowest BCUT2D eigenvalue weighted by molar-refractivity contribution is 0.491. The zero-order valence-electron chi connectivity index (χ0n) is 15.6. The molecular weight excluding hydrogens is 296 g/mol. The van der Waals surface area contributed by atoms with Crippen molar-refractivity contribution in [2.24, 2.45) is 0 Å². The first-order valence-electron chi connectivity index (χ1n) is 8.39. The van der Waals surface area contributed by atoms with Crippen LogP contribution in [0.15, 0.2) is 54.6 Å². The van der Waals surface area contributed by atoms with Gasteiger partial charge >= 0.3 is 0 Å². The maximum atomic E-state index is 6.38. The van der Waals surface area contributed by atoms with E-state index in [4.69, 9.17) is 4.43 Å². The summed E-state index contributed by atoms with van der Waals surface area (Å²) in [6.45, 7) is 15.9. The van der Waals surface area contributed by atoms with E-state index in [0.29, 0.717) is 0 Å². The van der Waals surface area contributed by atoms with Crippen LogP contribution in [0.4, 0.5) is 0 Å². The third-order valence-corrected chi connectivity index (χ3v) is 9.61. The highest BCUT2D eigenvalue weighted by molar-refractivity contribution is 6.74. The van der Waals surface area contributed by atoms with E-state index in [9.17, 15) is 0 Å². The fourth-order valence-corrected chi connectivity index (χ4v) is 3.44. The van der Waals surface area contributed by atoms with Gasteiger partial charge in [0.1, 0.15) is 5.75 Å². The van der Waals surface area contributed by atoms with Crippen LogP contribution in [0.25, 0.3) is 0 Å². The lowest BCUT2D eigenvalue weighted by Crippen LogP contribution is -2.43. The lowest BCUT2D eigenvalue weighted by Gasteiger charge is -2.36. The molecule has 0 saturated heterocycles. The quantitative estimate of drug-likeness (QED) is 0.591. The zero-order chi connectivity index (χ0) is 17.3. The van der Waals surface area contributed by atoms with Crippen LogP contribution in [0, 0.1) is 0 Å². The van der Waals surface area contributed by atoms with Gasteiger partial charge in [-0.15, -0.1) is 0 Å². The van der Waals surface area contributed by atoms with Gasteiger partial charge in [0.2, 0.25) is 8.32 Å². The third-order valence-electron chi connectivity index (χ3n) is 5.25. The summed E-state index contributed by atoms with van der Waals surface area (Å²) in [7, 11) is -1.77. The molecule has 124 valence electrons. The van der Waals surface area contributed by atoms with Gasteiger partial charge in [-0.3, -0.25) is 0 Å². The minimum atomic E-state index is -1.77. The van der Waals surface area contributed by atoms with Crippen LogP contribution in [-0.2, 0) is 5.41 Å². The van der Waals surface area contributed by atoms with Crippen molar-refractivity contribution < 1.29 is 4.43 Å². The standard InChI is InChI=1S/C21H30OSi/c1-20(2,3)23(6,7)22-19-15-13-18(14-16-19)21(4,5)17-11-9-8-10-12-17/h8-16H,1-7H3. The smallest absolute Gasteiger partial charge is 0.250 e. The molecule has 0 aliphatic rings. The lowest BCUT2D eigenvalue weighted by atomic mass is 9.78. The Kier molecular flexibility index (Phi) is 4.77. The van der Waals surface area contributed by atoms with Gasteiger partial charge in [0.25, 0.3) is 0 Å². The summed E-state index contributed by atoms with van der Waals surface area (Å²) in [5.74, 6) is 0.990. The third kappa shape index (κ3) is 3.87. The summed E-state index contributed by atoms with van der Waals surface area (Å²) in [5, 5.41) is 0.217. The number of benzene rings is 2. The highest BCUT2D eigenvalue weighted by atomic mass is 28.4. The molecule has 23 heavy (non-hydrogen) atoms. The van der Waals surface area contributed by atoms with Gasteiger partial charge in [-0.2, -0.15) is 0 Å². The Morgan fingerprint density at radius 1 is 0.696 bits per heavy atom. The topological polar surface area (TPSA) is 9.23 Å². The minimum Gasteiger partial charge on any atom is -0.544 e. The zero-order valence-corrected chi connectivity index (χ0v) is 16.6. The molecule has 0 spiro atoms. The van der Waals surface area contributed by atoms with Crippen molar-refractivity contribution in [2.75, 3.05) is 0 Å². The molecule has 0 bridgehead atoms. The predicted octanol–water partition coefficient (Wildman–Crippen LogP) is 6.40. The van der Waals surface area contributed by atoms with Crippen molar-refractivity contribution in [2.45, 2.75) is 58.2 Å². The first-order valence-corrected chi connectivity index (χ1v) is 11.3. The Hall–Kier alpha value is -1.54. The first-order chi connectivity index (χ1) is 10.5. The molecule has 0 amide bonds. The Balaban J connectivity index is 2.23. The second kappa shape index (κ2) is 6.16. The number of rotatable bonds is 4. The molecule has 0 atom stereocenters. The minimum absolute atomic E-state index is 0.00321. The molecule has 0 heterocycles. The van der Waals surface area contributed by atoms with E-state index in [0.717, 1.165) is 5.75 Å². The second-order valence-corrected chi connectivity index (χ2v) is 13.1. The maximum absolute atomic E-state index is 6.38. The Morgan fingerprint density at radius 2 is 1.17 bits per heavy atom. The summed E-state index contributed by atoms with van der Waals surface area (Å²) in [6, 6.07) is 19.3. The number of hydrogen-bond acceptors (Lipinski definition) is 1. The SMILES string of the molecule is CC(C)(c1ccccc1)c1ccc(O[Si](C)(C)C(C)(C)C)cc1. The summed E-state index contributed by atoms with van der Waals surface area (Å²) in [6.07, 6.45) is 0. The van der Waals surface area contributed by atoms with Crippen molar-refractivity contribution in [1.29, 1.82) is 0 Å². The Morgan fingerprint density at radius 3 is 1.65 bits per heavy atom. The molecule has 0 fully saturated rings. The van der Waals surface area contributed by atoms with Crippen LogP contribution in [-0.4, -0.2) is 8.32 Å². The van der Waals surface area contributed by atoms with Gasteiger partial charge in [-0.05, 0) is 41.4 Å². The van der Waals surface area contributed by atoms with E-state index in [1.54, 1.807) is 0 Å². The first kappa shape index (κ1) is 17.8. The van der Waals surface area contributed by atoms with E-state index < -0.39 is 8.32 Å². The molecule has 2 aromatic rings. The molecule has 2 heteroatoms. The molecule has 0 N–H and O–H groups in total. The highest BCUT2D eigenvalue weighted by Crippen LogP contribution is 2.38. The van der Waals surface area contributed by atoms with Crippen LogP contribution in [0.1, 0.15) is 45.7 Å². The summed E-state index contributed by atoms with van der Waals surface area (Å²) >= 11 is 0. The van der Waals surface area contributed by atoms with Gasteiger partial charge in [0.15, 0.2) is 0 Å². The van der Waals surface area contributed by atoms with E-state index in [1.165, 1.54) is 11.1 Å². The average Bonchev–Trinajstić information content (AvgIpc) is 2.47. The van der Waals surface area contributed by atoms with Crippen LogP contribution in [0.2, 0.25) is 18.1 Å². The maximum Gasteiger partial charge on any atom is 0.250 e. The molecule has 0 aliphatic heterocycles. The van der Waals surface area contributed by atoms with E-state index in [2.05, 4.69) is 102 Å². The van der Waals surface area contributed by atoms with Crippen molar-refractivity contribution in [3.8, 4) is 5.75 Å². The van der Waals surface area contributed by atoms with Crippen molar-refractivity contribution >= 4 is 8.32 Å². The van der Waals surface area contributed by atoms with Gasteiger partial charge < -0.3 is 4.43 Å². The van der Waals surface area contributed by atoms with Gasteiger partial charge in [-0.25, -0.2) is 0 Å². The average molecular weight is 327 g/mol. The van der Waals surface area contributed by atoms with Gasteiger partial charge in [0.05, 0.1) is 0 Å². The number of hydrogen-bond donors (Lipinski definition) is 0.